The van der Waals surface area contributed by atoms with E-state index in [1.807, 2.05) is 0 Å². The molecule has 2 aromatic rings. The second kappa shape index (κ2) is 8.51. The van der Waals surface area contributed by atoms with Gasteiger partial charge in [-0.1, -0.05) is 11.6 Å². The molecule has 2 atom stereocenters. The van der Waals surface area contributed by atoms with E-state index in [0.717, 1.165) is 0 Å². The number of aromatic nitrogens is 1. The summed E-state index contributed by atoms with van der Waals surface area (Å²) >= 11 is 6.04. The second-order valence-electron chi connectivity index (χ2n) is 8.96. The molecule has 0 saturated heterocycles. The molecule has 0 amide bonds. The van der Waals surface area contributed by atoms with Gasteiger partial charge < -0.3 is 4.74 Å². The topological polar surface area (TPSA) is 60.3 Å². The predicted molar refractivity (Wildman–Crippen MR) is 113 cm³/mol. The van der Waals surface area contributed by atoms with Gasteiger partial charge in [0.2, 0.25) is 0 Å². The summed E-state index contributed by atoms with van der Waals surface area (Å²) in [6, 6.07) is 2.52. The van der Waals surface area contributed by atoms with Crippen LogP contribution in [0.15, 0.2) is 24.4 Å². The summed E-state index contributed by atoms with van der Waals surface area (Å²) in [6.45, 7) is 9.83. The van der Waals surface area contributed by atoms with Crippen molar-refractivity contribution in [2.45, 2.75) is 70.5 Å². The standard InChI is InChI=1S/C20H26ClF3N2O3S/c1-18(2,3)29-17(27)26-11-12(14-10-13(21)7-8-15(14)26)9-16(20(22,23)24)25-30(28)19(4,5)6/h7-8,10-11,16,25H,9H2,1-6H3/t16-,30?/m0/s1. The van der Waals surface area contributed by atoms with Crippen LogP contribution < -0.4 is 4.72 Å². The maximum atomic E-state index is 13.7. The summed E-state index contributed by atoms with van der Waals surface area (Å²) in [5.74, 6) is 0. The minimum Gasteiger partial charge on any atom is -0.443 e. The van der Waals surface area contributed by atoms with Crippen molar-refractivity contribution in [3.05, 3.63) is 35.0 Å². The largest absolute Gasteiger partial charge is 0.443 e. The van der Waals surface area contributed by atoms with Crippen molar-refractivity contribution in [1.29, 1.82) is 0 Å². The SMILES string of the molecule is CC(C)(C)OC(=O)n1cc(C[C@H](NS(=O)C(C)(C)C)C(F)(F)F)c2cc(Cl)ccc21. The third kappa shape index (κ3) is 6.21. The maximum absolute atomic E-state index is 13.7. The lowest BCUT2D eigenvalue weighted by molar-refractivity contribution is -0.150. The van der Waals surface area contributed by atoms with Crippen LogP contribution in [0.2, 0.25) is 5.02 Å². The molecular formula is C20H26ClF3N2O3S. The lowest BCUT2D eigenvalue weighted by atomic mass is 10.1. The molecule has 0 aliphatic rings. The number of hydrogen-bond acceptors (Lipinski definition) is 3. The number of carbonyl (C=O) groups excluding carboxylic acids is 1. The van der Waals surface area contributed by atoms with Gasteiger partial charge in [0.15, 0.2) is 0 Å². The maximum Gasteiger partial charge on any atom is 0.419 e. The Bertz CT molecular complexity index is 959. The van der Waals surface area contributed by atoms with Gasteiger partial charge in [-0.25, -0.2) is 13.7 Å². The molecule has 0 bridgehead atoms. The van der Waals surface area contributed by atoms with E-state index in [-0.39, 0.29) is 5.56 Å². The van der Waals surface area contributed by atoms with E-state index in [1.54, 1.807) is 53.7 Å². The number of carbonyl (C=O) groups is 1. The van der Waals surface area contributed by atoms with Gasteiger partial charge in [-0.15, -0.1) is 0 Å². The van der Waals surface area contributed by atoms with Crippen LogP contribution in [0.3, 0.4) is 0 Å². The Morgan fingerprint density at radius 3 is 2.30 bits per heavy atom. The predicted octanol–water partition coefficient (Wildman–Crippen LogP) is 5.60. The number of rotatable bonds is 4. The highest BCUT2D eigenvalue weighted by molar-refractivity contribution is 7.84. The Hall–Kier alpha value is -1.58. The van der Waals surface area contributed by atoms with E-state index in [4.69, 9.17) is 16.3 Å². The number of hydrogen-bond donors (Lipinski definition) is 1. The van der Waals surface area contributed by atoms with E-state index in [9.17, 15) is 22.2 Å². The molecule has 1 aromatic heterocycles. The van der Waals surface area contributed by atoms with Crippen molar-refractivity contribution in [3.63, 3.8) is 0 Å². The lowest BCUT2D eigenvalue weighted by Gasteiger charge is -2.25. The smallest absolute Gasteiger partial charge is 0.419 e. The molecule has 1 aromatic carbocycles. The molecule has 5 nitrogen and oxygen atoms in total. The number of alkyl halides is 3. The van der Waals surface area contributed by atoms with Crippen LogP contribution in [0.1, 0.15) is 47.1 Å². The summed E-state index contributed by atoms with van der Waals surface area (Å²) in [4.78, 5) is 12.6. The first-order valence-electron chi connectivity index (χ1n) is 9.26. The van der Waals surface area contributed by atoms with Crippen LogP contribution in [0.5, 0.6) is 0 Å². The van der Waals surface area contributed by atoms with Crippen molar-refractivity contribution < 1.29 is 26.9 Å². The van der Waals surface area contributed by atoms with Gasteiger partial charge in [0, 0.05) is 16.6 Å². The molecule has 0 aliphatic carbocycles. The summed E-state index contributed by atoms with van der Waals surface area (Å²) in [5, 5.41) is 0.714. The number of halogens is 4. The fourth-order valence-corrected chi connectivity index (χ4v) is 3.65. The highest BCUT2D eigenvalue weighted by Gasteiger charge is 2.42. The fraction of sp³-hybridized carbons (Fsp3) is 0.550. The molecule has 0 radical (unpaired) electrons. The zero-order valence-electron chi connectivity index (χ0n) is 17.7. The highest BCUT2D eigenvalue weighted by Crippen LogP contribution is 2.31. The quantitative estimate of drug-likeness (QED) is 0.637. The van der Waals surface area contributed by atoms with Crippen LogP contribution in [-0.2, 0) is 22.1 Å². The van der Waals surface area contributed by atoms with E-state index in [0.29, 0.717) is 15.9 Å². The molecule has 2 rings (SSSR count). The third-order valence-corrected chi connectivity index (χ3v) is 5.91. The molecule has 168 valence electrons. The first-order valence-corrected chi connectivity index (χ1v) is 10.8. The number of nitrogens with zero attached hydrogens (tertiary/aromatic N) is 1. The van der Waals surface area contributed by atoms with Crippen LogP contribution in [-0.4, -0.2) is 37.4 Å². The van der Waals surface area contributed by atoms with Crippen LogP contribution in [0, 0.1) is 0 Å². The normalized spacial score (nSPS) is 15.3. The zero-order valence-corrected chi connectivity index (χ0v) is 19.3. The van der Waals surface area contributed by atoms with Gasteiger partial charge in [-0.05, 0) is 71.7 Å². The summed E-state index contributed by atoms with van der Waals surface area (Å²) in [7, 11) is -1.94. The molecule has 0 spiro atoms. The number of nitrogens with one attached hydrogen (secondary N) is 1. The Labute approximate surface area is 181 Å². The molecule has 10 heteroatoms. The van der Waals surface area contributed by atoms with Crippen LogP contribution in [0.25, 0.3) is 10.9 Å². The van der Waals surface area contributed by atoms with Crippen molar-refractivity contribution in [1.82, 2.24) is 9.29 Å². The Morgan fingerprint density at radius 1 is 1.20 bits per heavy atom. The monoisotopic (exact) mass is 466 g/mol. The minimum absolute atomic E-state index is 0.235. The summed E-state index contributed by atoms with van der Waals surface area (Å²) < 4.78 is 61.2. The Kier molecular flexibility index (Phi) is 7.00. The molecule has 1 heterocycles. The molecule has 0 saturated carbocycles. The molecule has 1 N–H and O–H groups in total. The van der Waals surface area contributed by atoms with Crippen molar-refractivity contribution in [2.24, 2.45) is 0 Å². The van der Waals surface area contributed by atoms with Crippen LogP contribution >= 0.6 is 11.6 Å². The average Bonchev–Trinajstić information content (AvgIpc) is 2.88. The Morgan fingerprint density at radius 2 is 1.80 bits per heavy atom. The van der Waals surface area contributed by atoms with E-state index in [2.05, 4.69) is 4.72 Å². The van der Waals surface area contributed by atoms with E-state index < -0.39 is 46.1 Å². The van der Waals surface area contributed by atoms with Crippen LogP contribution in [0.4, 0.5) is 18.0 Å². The van der Waals surface area contributed by atoms with Crippen molar-refractivity contribution in [3.8, 4) is 0 Å². The summed E-state index contributed by atoms with van der Waals surface area (Å²) in [6.07, 6.45) is -4.58. The van der Waals surface area contributed by atoms with Gasteiger partial charge in [0.1, 0.15) is 11.6 Å². The highest BCUT2D eigenvalue weighted by atomic mass is 35.5. The lowest BCUT2D eigenvalue weighted by Crippen LogP contribution is -2.48. The number of benzene rings is 1. The van der Waals surface area contributed by atoms with Crippen molar-refractivity contribution in [2.75, 3.05) is 0 Å². The summed E-state index contributed by atoms with van der Waals surface area (Å²) in [5.41, 5.74) is -0.166. The van der Waals surface area contributed by atoms with E-state index >= 15 is 0 Å². The van der Waals surface area contributed by atoms with Gasteiger partial charge in [0.25, 0.3) is 0 Å². The first kappa shape index (κ1) is 24.7. The number of fused-ring (bicyclic) bond motifs is 1. The van der Waals surface area contributed by atoms with Gasteiger partial charge in [0.05, 0.1) is 21.2 Å². The number of ether oxygens (including phenoxy) is 1. The van der Waals surface area contributed by atoms with E-state index in [1.165, 1.54) is 16.8 Å². The van der Waals surface area contributed by atoms with Gasteiger partial charge in [-0.3, -0.25) is 4.57 Å². The Balaban J connectivity index is 2.50. The molecule has 0 fully saturated rings. The average molecular weight is 467 g/mol. The molecular weight excluding hydrogens is 441 g/mol. The molecule has 1 unspecified atom stereocenters. The third-order valence-electron chi connectivity index (χ3n) is 4.06. The van der Waals surface area contributed by atoms with Gasteiger partial charge >= 0.3 is 12.3 Å². The molecule has 0 aliphatic heterocycles. The minimum atomic E-state index is -4.65. The van der Waals surface area contributed by atoms with Gasteiger partial charge in [-0.2, -0.15) is 13.2 Å². The zero-order chi connectivity index (χ0) is 23.1. The first-order chi connectivity index (χ1) is 13.5. The second-order valence-corrected chi connectivity index (χ2v) is 11.4. The fourth-order valence-electron chi connectivity index (χ4n) is 2.65. The van der Waals surface area contributed by atoms with Crippen molar-refractivity contribution >= 4 is 39.6 Å². The molecule has 30 heavy (non-hydrogen) atoms.